The number of halogens is 2. The molecule has 1 unspecified atom stereocenters. The lowest BCUT2D eigenvalue weighted by atomic mass is 10.2. The highest BCUT2D eigenvalue weighted by molar-refractivity contribution is 7.89. The molecule has 1 atom stereocenters. The summed E-state index contributed by atoms with van der Waals surface area (Å²) in [7, 11) is -3.92. The van der Waals surface area contributed by atoms with Crippen LogP contribution in [0.4, 0.5) is 4.39 Å². The van der Waals surface area contributed by atoms with Crippen LogP contribution in [0.5, 0.6) is 0 Å². The summed E-state index contributed by atoms with van der Waals surface area (Å²) < 4.78 is 41.4. The zero-order chi connectivity index (χ0) is 16.0. The Morgan fingerprint density at radius 2 is 2.00 bits per heavy atom. The molecule has 120 valence electrons. The zero-order valence-electron chi connectivity index (χ0n) is 12.5. The number of hydrogen-bond donors (Lipinski definition) is 2. The molecule has 4 nitrogen and oxygen atoms in total. The van der Waals surface area contributed by atoms with Crippen LogP contribution in [-0.4, -0.2) is 21.0 Å². The molecule has 1 aromatic carbocycles. The number of hydrogen-bond acceptors (Lipinski definition) is 3. The third-order valence-electron chi connectivity index (χ3n) is 3.01. The van der Waals surface area contributed by atoms with E-state index in [4.69, 9.17) is 11.6 Å². The molecular weight excluding hydrogens is 315 g/mol. The lowest BCUT2D eigenvalue weighted by Gasteiger charge is -2.15. The van der Waals surface area contributed by atoms with E-state index in [0.717, 1.165) is 12.5 Å². The van der Waals surface area contributed by atoms with Gasteiger partial charge < -0.3 is 5.32 Å². The fourth-order valence-electron chi connectivity index (χ4n) is 2.02. The second-order valence-electron chi connectivity index (χ2n) is 4.97. The number of rotatable bonds is 8. The largest absolute Gasteiger partial charge is 0.313 e. The van der Waals surface area contributed by atoms with Crippen molar-refractivity contribution in [3.05, 3.63) is 28.5 Å². The Hall–Kier alpha value is -0.690. The van der Waals surface area contributed by atoms with E-state index >= 15 is 0 Å². The summed E-state index contributed by atoms with van der Waals surface area (Å²) in [4.78, 5) is -0.397. The van der Waals surface area contributed by atoms with Crippen LogP contribution in [0.15, 0.2) is 17.0 Å². The van der Waals surface area contributed by atoms with Crippen molar-refractivity contribution in [2.45, 2.75) is 51.1 Å². The van der Waals surface area contributed by atoms with E-state index in [0.29, 0.717) is 13.0 Å². The molecule has 0 aliphatic heterocycles. The average molecular weight is 337 g/mol. The number of sulfonamides is 1. The Morgan fingerprint density at radius 3 is 2.57 bits per heavy atom. The van der Waals surface area contributed by atoms with Crippen molar-refractivity contribution >= 4 is 21.6 Å². The second-order valence-corrected chi connectivity index (χ2v) is 7.09. The van der Waals surface area contributed by atoms with Gasteiger partial charge in [-0.25, -0.2) is 17.5 Å². The lowest BCUT2D eigenvalue weighted by molar-refractivity contribution is 0.525. The summed E-state index contributed by atoms with van der Waals surface area (Å²) >= 11 is 5.92. The van der Waals surface area contributed by atoms with Crippen molar-refractivity contribution in [2.75, 3.05) is 6.54 Å². The van der Waals surface area contributed by atoms with E-state index in [1.54, 1.807) is 6.92 Å². The normalized spacial score (nSPS) is 13.4. The van der Waals surface area contributed by atoms with Crippen molar-refractivity contribution in [3.8, 4) is 0 Å². The molecule has 21 heavy (non-hydrogen) atoms. The first-order valence-corrected chi connectivity index (χ1v) is 8.88. The molecule has 1 rings (SSSR count). The molecule has 2 N–H and O–H groups in total. The van der Waals surface area contributed by atoms with Gasteiger partial charge in [0.1, 0.15) is 10.7 Å². The Morgan fingerprint density at radius 1 is 1.33 bits per heavy atom. The first kappa shape index (κ1) is 18.4. The van der Waals surface area contributed by atoms with E-state index in [1.165, 1.54) is 6.07 Å². The van der Waals surface area contributed by atoms with Crippen molar-refractivity contribution in [1.29, 1.82) is 0 Å². The maximum Gasteiger partial charge on any atom is 0.243 e. The van der Waals surface area contributed by atoms with Crippen LogP contribution in [0.3, 0.4) is 0 Å². The highest BCUT2D eigenvalue weighted by Gasteiger charge is 2.23. The molecule has 0 spiro atoms. The van der Waals surface area contributed by atoms with Gasteiger partial charge in [0.05, 0.1) is 0 Å². The molecule has 0 bridgehead atoms. The van der Waals surface area contributed by atoms with E-state index in [2.05, 4.69) is 10.0 Å². The topological polar surface area (TPSA) is 58.2 Å². The van der Waals surface area contributed by atoms with Crippen molar-refractivity contribution < 1.29 is 12.8 Å². The Kier molecular flexibility index (Phi) is 7.06. The smallest absolute Gasteiger partial charge is 0.243 e. The summed E-state index contributed by atoms with van der Waals surface area (Å²) in [6, 6.07) is 2.33. The fraction of sp³-hybridized carbons (Fsp3) is 0.571. The first-order valence-electron chi connectivity index (χ1n) is 7.02. The van der Waals surface area contributed by atoms with Crippen LogP contribution in [-0.2, 0) is 16.6 Å². The van der Waals surface area contributed by atoms with Crippen LogP contribution in [0, 0.1) is 5.82 Å². The SMILES string of the molecule is CCCC(C)NS(=O)(=O)c1cc(Cl)cc(CNCC)c1F. The summed E-state index contributed by atoms with van der Waals surface area (Å²) in [6.07, 6.45) is 1.53. The monoisotopic (exact) mass is 336 g/mol. The van der Waals surface area contributed by atoms with Gasteiger partial charge >= 0.3 is 0 Å². The summed E-state index contributed by atoms with van der Waals surface area (Å²) in [5.74, 6) is -0.753. The van der Waals surface area contributed by atoms with Gasteiger partial charge in [-0.3, -0.25) is 0 Å². The molecule has 0 amide bonds. The van der Waals surface area contributed by atoms with Crippen molar-refractivity contribution in [2.24, 2.45) is 0 Å². The van der Waals surface area contributed by atoms with E-state index in [9.17, 15) is 12.8 Å². The standard InChI is InChI=1S/C14H22ClFN2O2S/c1-4-6-10(3)18-21(19,20)13-8-12(15)7-11(14(13)16)9-17-5-2/h7-8,10,17-18H,4-6,9H2,1-3H3. The molecule has 0 aromatic heterocycles. The lowest BCUT2D eigenvalue weighted by Crippen LogP contribution is -2.33. The van der Waals surface area contributed by atoms with Gasteiger partial charge in [0.2, 0.25) is 10.0 Å². The van der Waals surface area contributed by atoms with Crippen LogP contribution >= 0.6 is 11.6 Å². The maximum absolute atomic E-state index is 14.4. The molecule has 0 aliphatic carbocycles. The molecule has 0 radical (unpaired) electrons. The van der Waals surface area contributed by atoms with Crippen LogP contribution in [0.2, 0.25) is 5.02 Å². The van der Waals surface area contributed by atoms with Crippen molar-refractivity contribution in [1.82, 2.24) is 10.0 Å². The quantitative estimate of drug-likeness (QED) is 0.767. The second kappa shape index (κ2) is 8.08. The third-order valence-corrected chi connectivity index (χ3v) is 4.82. The molecular formula is C14H22ClFN2O2S. The Labute approximate surface area is 131 Å². The van der Waals surface area contributed by atoms with E-state index in [1.807, 2.05) is 13.8 Å². The minimum absolute atomic E-state index is 0.202. The highest BCUT2D eigenvalue weighted by Crippen LogP contribution is 2.24. The predicted octanol–water partition coefficient (Wildman–Crippen LogP) is 3.06. The van der Waals surface area contributed by atoms with Gasteiger partial charge in [-0.05, 0) is 32.0 Å². The van der Waals surface area contributed by atoms with Crippen LogP contribution in [0.25, 0.3) is 0 Å². The number of benzene rings is 1. The zero-order valence-corrected chi connectivity index (χ0v) is 14.1. The molecule has 0 heterocycles. The Balaban J connectivity index is 3.13. The highest BCUT2D eigenvalue weighted by atomic mass is 35.5. The minimum Gasteiger partial charge on any atom is -0.313 e. The molecule has 7 heteroatoms. The minimum atomic E-state index is -3.92. The molecule has 0 saturated heterocycles. The molecule has 0 aliphatic rings. The number of nitrogens with one attached hydrogen (secondary N) is 2. The van der Waals surface area contributed by atoms with E-state index < -0.39 is 20.7 Å². The molecule has 1 aromatic rings. The van der Waals surface area contributed by atoms with Gasteiger partial charge in [-0.1, -0.05) is 31.9 Å². The summed E-state index contributed by atoms with van der Waals surface area (Å²) in [6.45, 7) is 6.48. The average Bonchev–Trinajstić information content (AvgIpc) is 2.38. The summed E-state index contributed by atoms with van der Waals surface area (Å²) in [5.41, 5.74) is 0.243. The van der Waals surface area contributed by atoms with Crippen LogP contribution < -0.4 is 10.0 Å². The first-order chi connectivity index (χ1) is 9.81. The molecule has 0 saturated carbocycles. The predicted molar refractivity (Wildman–Crippen MR) is 83.5 cm³/mol. The van der Waals surface area contributed by atoms with Gasteiger partial charge in [0.15, 0.2) is 0 Å². The molecule has 0 fully saturated rings. The Bertz CT molecular complexity index is 579. The maximum atomic E-state index is 14.4. The van der Waals surface area contributed by atoms with E-state index in [-0.39, 0.29) is 23.2 Å². The van der Waals surface area contributed by atoms with Gasteiger partial charge in [0.25, 0.3) is 0 Å². The van der Waals surface area contributed by atoms with Crippen molar-refractivity contribution in [3.63, 3.8) is 0 Å². The van der Waals surface area contributed by atoms with Gasteiger partial charge in [-0.2, -0.15) is 0 Å². The van der Waals surface area contributed by atoms with Crippen LogP contribution in [0.1, 0.15) is 39.2 Å². The fourth-order valence-corrected chi connectivity index (χ4v) is 3.75. The summed E-state index contributed by atoms with van der Waals surface area (Å²) in [5, 5.41) is 3.16. The van der Waals surface area contributed by atoms with Gasteiger partial charge in [0, 0.05) is 23.2 Å². The van der Waals surface area contributed by atoms with Gasteiger partial charge in [-0.15, -0.1) is 0 Å². The third kappa shape index (κ3) is 5.21.